The minimum atomic E-state index is 0.559. The molecule has 2 aromatic rings. The highest BCUT2D eigenvalue weighted by molar-refractivity contribution is 6.31. The van der Waals surface area contributed by atoms with Crippen molar-refractivity contribution in [2.45, 2.75) is 20.8 Å². The Morgan fingerprint density at radius 3 is 2.85 bits per heavy atom. The van der Waals surface area contributed by atoms with Crippen LogP contribution < -0.4 is 5.32 Å². The van der Waals surface area contributed by atoms with Crippen LogP contribution in [-0.2, 0) is 0 Å². The van der Waals surface area contributed by atoms with Gasteiger partial charge in [0.2, 0.25) is 0 Å². The summed E-state index contributed by atoms with van der Waals surface area (Å²) >= 11 is 6.24. The largest absolute Gasteiger partial charge is 0.313 e. The summed E-state index contributed by atoms with van der Waals surface area (Å²) in [7, 11) is 0. The van der Waals surface area contributed by atoms with Crippen LogP contribution in [0.3, 0.4) is 0 Å². The second-order valence-electron chi connectivity index (χ2n) is 5.52. The zero-order chi connectivity index (χ0) is 14.5. The Bertz CT molecular complexity index is 618. The zero-order valence-corrected chi connectivity index (χ0v) is 13.0. The number of hydrogen-bond acceptors (Lipinski definition) is 2. The average molecular weight is 289 g/mol. The second-order valence-corrected chi connectivity index (χ2v) is 5.88. The average Bonchev–Trinajstić information content (AvgIpc) is 2.38. The van der Waals surface area contributed by atoms with Crippen molar-refractivity contribution in [2.75, 3.05) is 13.1 Å². The summed E-state index contributed by atoms with van der Waals surface area (Å²) in [5, 5.41) is 5.05. The van der Waals surface area contributed by atoms with Crippen molar-refractivity contribution in [1.82, 2.24) is 10.3 Å². The van der Waals surface area contributed by atoms with Gasteiger partial charge in [-0.15, -0.1) is 0 Å². The van der Waals surface area contributed by atoms with Gasteiger partial charge in [-0.3, -0.25) is 0 Å². The fraction of sp³-hybridized carbons (Fsp3) is 0.353. The van der Waals surface area contributed by atoms with Crippen LogP contribution in [0.1, 0.15) is 25.0 Å². The molecule has 0 aliphatic carbocycles. The van der Waals surface area contributed by atoms with Gasteiger partial charge in [0.25, 0.3) is 0 Å². The van der Waals surface area contributed by atoms with E-state index in [-0.39, 0.29) is 0 Å². The summed E-state index contributed by atoms with van der Waals surface area (Å²) in [6.45, 7) is 8.32. The van der Waals surface area contributed by atoms with E-state index in [2.05, 4.69) is 61.4 Å². The van der Waals surface area contributed by atoms with E-state index in [4.69, 9.17) is 11.6 Å². The summed E-state index contributed by atoms with van der Waals surface area (Å²) in [4.78, 5) is 4.46. The molecule has 0 fully saturated rings. The molecule has 0 saturated carbocycles. The predicted octanol–water partition coefficient (Wildman–Crippen LogP) is 4.46. The Balaban J connectivity index is 2.12. The molecule has 3 heteroatoms. The molecule has 0 amide bonds. The highest BCUT2D eigenvalue weighted by Crippen LogP contribution is 2.22. The van der Waals surface area contributed by atoms with Gasteiger partial charge in [0.15, 0.2) is 0 Å². The molecular formula is C17H21ClN2. The molecule has 0 atom stereocenters. The van der Waals surface area contributed by atoms with Crippen LogP contribution in [0.15, 0.2) is 30.3 Å². The van der Waals surface area contributed by atoms with E-state index >= 15 is 0 Å². The molecule has 0 aliphatic rings. The zero-order valence-electron chi connectivity index (χ0n) is 12.3. The van der Waals surface area contributed by atoms with Crippen LogP contribution in [0.2, 0.25) is 5.15 Å². The molecule has 0 saturated heterocycles. The van der Waals surface area contributed by atoms with Crippen molar-refractivity contribution in [3.05, 3.63) is 46.6 Å². The third-order valence-electron chi connectivity index (χ3n) is 3.07. The Morgan fingerprint density at radius 2 is 2.10 bits per heavy atom. The highest BCUT2D eigenvalue weighted by atomic mass is 35.5. The minimum absolute atomic E-state index is 0.559. The second kappa shape index (κ2) is 6.87. The van der Waals surface area contributed by atoms with E-state index in [0.29, 0.717) is 11.1 Å². The number of aryl methyl sites for hydroxylation is 1. The molecule has 2 nitrogen and oxygen atoms in total. The monoisotopic (exact) mass is 288 g/mol. The maximum Gasteiger partial charge on any atom is 0.136 e. The lowest BCUT2D eigenvalue weighted by Crippen LogP contribution is -2.19. The SMILES string of the molecule is Cc1ccc2cc(C=CCNCC(C)C)c(Cl)nc2c1. The Hall–Kier alpha value is -1.38. The van der Waals surface area contributed by atoms with E-state index in [1.165, 1.54) is 5.56 Å². The topological polar surface area (TPSA) is 24.9 Å². The number of benzene rings is 1. The van der Waals surface area contributed by atoms with E-state index in [0.717, 1.165) is 29.6 Å². The van der Waals surface area contributed by atoms with Crippen molar-refractivity contribution >= 4 is 28.6 Å². The van der Waals surface area contributed by atoms with Gasteiger partial charge in [-0.05, 0) is 37.1 Å². The number of nitrogens with zero attached hydrogens (tertiary/aromatic N) is 1. The maximum absolute atomic E-state index is 6.24. The number of pyridine rings is 1. The molecule has 1 aromatic carbocycles. The Labute approximate surface area is 125 Å². The molecule has 1 aromatic heterocycles. The number of halogens is 1. The van der Waals surface area contributed by atoms with Gasteiger partial charge in [0.05, 0.1) is 5.52 Å². The summed E-state index contributed by atoms with van der Waals surface area (Å²) in [5.41, 5.74) is 3.11. The van der Waals surface area contributed by atoms with E-state index in [9.17, 15) is 0 Å². The molecule has 0 spiro atoms. The predicted molar refractivity (Wildman–Crippen MR) is 88.2 cm³/mol. The Kier molecular flexibility index (Phi) is 5.16. The van der Waals surface area contributed by atoms with Crippen LogP contribution in [-0.4, -0.2) is 18.1 Å². The number of aromatic nitrogens is 1. The first-order valence-electron chi connectivity index (χ1n) is 7.00. The molecular weight excluding hydrogens is 268 g/mol. The van der Waals surface area contributed by atoms with Gasteiger partial charge in [-0.1, -0.05) is 49.7 Å². The van der Waals surface area contributed by atoms with E-state index in [1.54, 1.807) is 0 Å². The molecule has 0 radical (unpaired) electrons. The van der Waals surface area contributed by atoms with Gasteiger partial charge < -0.3 is 5.32 Å². The molecule has 1 N–H and O–H groups in total. The van der Waals surface area contributed by atoms with Crippen molar-refractivity contribution < 1.29 is 0 Å². The molecule has 1 heterocycles. The van der Waals surface area contributed by atoms with Crippen LogP contribution in [0.25, 0.3) is 17.0 Å². The number of rotatable bonds is 5. The number of nitrogens with one attached hydrogen (secondary N) is 1. The number of hydrogen-bond donors (Lipinski definition) is 1. The first-order valence-corrected chi connectivity index (χ1v) is 7.38. The van der Waals surface area contributed by atoms with Crippen molar-refractivity contribution in [1.29, 1.82) is 0 Å². The Morgan fingerprint density at radius 1 is 1.30 bits per heavy atom. The van der Waals surface area contributed by atoms with Crippen LogP contribution >= 0.6 is 11.6 Å². The third kappa shape index (κ3) is 4.06. The van der Waals surface area contributed by atoms with Crippen LogP contribution in [0.5, 0.6) is 0 Å². The van der Waals surface area contributed by atoms with Gasteiger partial charge in [0, 0.05) is 17.5 Å². The van der Waals surface area contributed by atoms with Gasteiger partial charge in [0.1, 0.15) is 5.15 Å². The smallest absolute Gasteiger partial charge is 0.136 e. The lowest BCUT2D eigenvalue weighted by atomic mass is 10.1. The maximum atomic E-state index is 6.24. The summed E-state index contributed by atoms with van der Waals surface area (Å²) in [6, 6.07) is 8.32. The van der Waals surface area contributed by atoms with Crippen molar-refractivity contribution in [3.63, 3.8) is 0 Å². The normalized spacial score (nSPS) is 11.8. The van der Waals surface area contributed by atoms with Gasteiger partial charge >= 0.3 is 0 Å². The first kappa shape index (κ1) is 15.0. The summed E-state index contributed by atoms with van der Waals surface area (Å²) < 4.78 is 0. The molecule has 20 heavy (non-hydrogen) atoms. The van der Waals surface area contributed by atoms with Crippen molar-refractivity contribution in [2.24, 2.45) is 5.92 Å². The molecule has 0 aliphatic heterocycles. The van der Waals surface area contributed by atoms with Gasteiger partial charge in [-0.25, -0.2) is 4.98 Å². The summed E-state index contributed by atoms with van der Waals surface area (Å²) in [6.07, 6.45) is 4.12. The fourth-order valence-corrected chi connectivity index (χ4v) is 2.24. The molecule has 0 unspecified atom stereocenters. The molecule has 106 valence electrons. The lowest BCUT2D eigenvalue weighted by Gasteiger charge is -2.05. The summed E-state index contributed by atoms with van der Waals surface area (Å²) in [5.74, 6) is 0.664. The number of fused-ring (bicyclic) bond motifs is 1. The van der Waals surface area contributed by atoms with Gasteiger partial charge in [-0.2, -0.15) is 0 Å². The molecule has 2 rings (SSSR count). The quantitative estimate of drug-likeness (QED) is 0.649. The standard InChI is InChI=1S/C17H21ClN2/c1-12(2)11-19-8-4-5-15-10-14-7-6-13(3)9-16(14)20-17(15)18/h4-7,9-10,12,19H,8,11H2,1-3H3. The van der Waals surface area contributed by atoms with Crippen molar-refractivity contribution in [3.8, 4) is 0 Å². The minimum Gasteiger partial charge on any atom is -0.313 e. The fourth-order valence-electron chi connectivity index (χ4n) is 2.03. The highest BCUT2D eigenvalue weighted by Gasteiger charge is 2.02. The first-order chi connectivity index (χ1) is 9.56. The third-order valence-corrected chi connectivity index (χ3v) is 3.37. The van der Waals surface area contributed by atoms with E-state index in [1.807, 2.05) is 6.08 Å². The molecule has 0 bridgehead atoms. The van der Waals surface area contributed by atoms with E-state index < -0.39 is 0 Å². The van der Waals surface area contributed by atoms with Crippen LogP contribution in [0, 0.1) is 12.8 Å². The van der Waals surface area contributed by atoms with Crippen LogP contribution in [0.4, 0.5) is 0 Å². The lowest BCUT2D eigenvalue weighted by molar-refractivity contribution is 0.577.